The quantitative estimate of drug-likeness (QED) is 0.876. The summed E-state index contributed by atoms with van der Waals surface area (Å²) in [4.78, 5) is 14.3. The highest BCUT2D eigenvalue weighted by Crippen LogP contribution is 2.42. The van der Waals surface area contributed by atoms with Gasteiger partial charge in [0.05, 0.1) is 5.69 Å². The molecule has 0 spiro atoms. The van der Waals surface area contributed by atoms with E-state index in [2.05, 4.69) is 52.4 Å². The predicted octanol–water partition coefficient (Wildman–Crippen LogP) is 2.94. The molecule has 2 aromatic rings. The van der Waals surface area contributed by atoms with Crippen LogP contribution in [0.4, 0.5) is 5.95 Å². The summed E-state index contributed by atoms with van der Waals surface area (Å²) in [6.07, 6.45) is 5.06. The first-order valence-corrected chi connectivity index (χ1v) is 10.2. The number of hydrogen-bond donors (Lipinski definition) is 1. The van der Waals surface area contributed by atoms with Gasteiger partial charge in [0.15, 0.2) is 0 Å². The van der Waals surface area contributed by atoms with E-state index < -0.39 is 0 Å². The summed E-state index contributed by atoms with van der Waals surface area (Å²) in [6.45, 7) is 3.93. The number of rotatable bonds is 4. The number of piperidine rings is 1. The molecule has 27 heavy (non-hydrogen) atoms. The van der Waals surface area contributed by atoms with Crippen molar-refractivity contribution in [2.24, 2.45) is 0 Å². The topological polar surface area (TPSA) is 44.3 Å². The summed E-state index contributed by atoms with van der Waals surface area (Å²) in [6, 6.07) is 10.9. The Kier molecular flexibility index (Phi) is 5.35. The van der Waals surface area contributed by atoms with Crippen LogP contribution in [0.15, 0.2) is 36.5 Å². The van der Waals surface area contributed by atoms with Crippen LogP contribution < -0.4 is 10.2 Å². The number of aromatic nitrogens is 2. The Balaban J connectivity index is 1.71. The van der Waals surface area contributed by atoms with Crippen LogP contribution >= 0.6 is 11.6 Å². The number of anilines is 1. The fourth-order valence-electron chi connectivity index (χ4n) is 4.48. The smallest absolute Gasteiger partial charge is 0.225 e. The second kappa shape index (κ2) is 7.74. The molecular weight excluding hydrogens is 358 g/mol. The monoisotopic (exact) mass is 385 g/mol. The van der Waals surface area contributed by atoms with Crippen LogP contribution in [0.5, 0.6) is 0 Å². The molecule has 2 aliphatic rings. The van der Waals surface area contributed by atoms with Gasteiger partial charge in [-0.3, -0.25) is 0 Å². The van der Waals surface area contributed by atoms with Gasteiger partial charge in [0.2, 0.25) is 5.95 Å². The summed E-state index contributed by atoms with van der Waals surface area (Å²) in [5, 5.41) is 4.31. The molecule has 1 N–H and O–H groups in total. The van der Waals surface area contributed by atoms with Crippen LogP contribution in [0.1, 0.15) is 30.5 Å². The molecule has 1 aromatic carbocycles. The van der Waals surface area contributed by atoms with Crippen LogP contribution in [0, 0.1) is 0 Å². The molecule has 144 valence electrons. The number of benzene rings is 1. The Morgan fingerprint density at radius 1 is 1.19 bits per heavy atom. The number of likely N-dealkylation sites (N-methyl/N-ethyl adjacent to an activating group) is 1. The summed E-state index contributed by atoms with van der Waals surface area (Å²) in [7, 11) is 4.29. The van der Waals surface area contributed by atoms with Crippen molar-refractivity contribution in [1.29, 1.82) is 0 Å². The fourth-order valence-corrected chi connectivity index (χ4v) is 4.80. The number of nitrogens with zero attached hydrogens (tertiary/aromatic N) is 4. The minimum atomic E-state index is -0.151. The van der Waals surface area contributed by atoms with Crippen molar-refractivity contribution in [3.05, 3.63) is 52.8 Å². The van der Waals surface area contributed by atoms with E-state index in [-0.39, 0.29) is 5.41 Å². The lowest BCUT2D eigenvalue weighted by atomic mass is 9.70. The second-order valence-electron chi connectivity index (χ2n) is 7.91. The van der Waals surface area contributed by atoms with Crippen LogP contribution in [-0.2, 0) is 5.41 Å². The summed E-state index contributed by atoms with van der Waals surface area (Å²) in [5.74, 6) is 0.849. The Morgan fingerprint density at radius 3 is 2.67 bits per heavy atom. The minimum absolute atomic E-state index is 0.151. The standard InChI is InChI=1S/C21H28ClN5/c1-26(2)16-8-14-27(15-16)20-24-11-7-19(25-20)21(9-12-23-13-10-21)17-5-3-4-6-18(17)22/h3-7,11,16,23H,8-10,12-15H2,1-2H3/t16-/m0/s1. The van der Waals surface area contributed by atoms with Crippen LogP contribution in [0.25, 0.3) is 0 Å². The molecule has 0 amide bonds. The summed E-state index contributed by atoms with van der Waals surface area (Å²) >= 11 is 6.64. The van der Waals surface area contributed by atoms with E-state index >= 15 is 0 Å². The zero-order valence-electron chi connectivity index (χ0n) is 16.2. The van der Waals surface area contributed by atoms with E-state index in [1.165, 1.54) is 5.56 Å². The molecule has 0 radical (unpaired) electrons. The first-order valence-electron chi connectivity index (χ1n) is 9.81. The molecule has 2 aliphatic heterocycles. The summed E-state index contributed by atoms with van der Waals surface area (Å²) < 4.78 is 0. The molecule has 2 saturated heterocycles. The lowest BCUT2D eigenvalue weighted by molar-refractivity contribution is 0.315. The molecule has 5 nitrogen and oxygen atoms in total. The average molecular weight is 386 g/mol. The van der Waals surface area contributed by atoms with E-state index in [0.29, 0.717) is 6.04 Å². The molecule has 6 heteroatoms. The molecule has 3 heterocycles. The maximum Gasteiger partial charge on any atom is 0.225 e. The van der Waals surface area contributed by atoms with E-state index in [4.69, 9.17) is 16.6 Å². The van der Waals surface area contributed by atoms with Crippen molar-refractivity contribution >= 4 is 17.5 Å². The third kappa shape index (κ3) is 3.56. The Hall–Kier alpha value is -1.69. The lowest BCUT2D eigenvalue weighted by Crippen LogP contribution is -2.42. The predicted molar refractivity (Wildman–Crippen MR) is 111 cm³/mol. The normalized spacial score (nSPS) is 22.4. The number of nitrogens with one attached hydrogen (secondary N) is 1. The van der Waals surface area contributed by atoms with Crippen molar-refractivity contribution in [3.8, 4) is 0 Å². The first-order chi connectivity index (χ1) is 13.1. The lowest BCUT2D eigenvalue weighted by Gasteiger charge is -2.38. The largest absolute Gasteiger partial charge is 0.339 e. The van der Waals surface area contributed by atoms with Gasteiger partial charge in [-0.2, -0.15) is 0 Å². The minimum Gasteiger partial charge on any atom is -0.339 e. The molecular formula is C21H28ClN5. The zero-order chi connectivity index (χ0) is 18.9. The van der Waals surface area contributed by atoms with Crippen LogP contribution in [-0.4, -0.2) is 61.2 Å². The van der Waals surface area contributed by atoms with E-state index in [1.54, 1.807) is 0 Å². The van der Waals surface area contributed by atoms with Crippen LogP contribution in [0.2, 0.25) is 5.02 Å². The zero-order valence-corrected chi connectivity index (χ0v) is 16.9. The van der Waals surface area contributed by atoms with Crippen molar-refractivity contribution < 1.29 is 0 Å². The Labute approximate surface area is 166 Å². The molecule has 1 atom stereocenters. The second-order valence-corrected chi connectivity index (χ2v) is 8.31. The van der Waals surface area contributed by atoms with Crippen molar-refractivity contribution in [1.82, 2.24) is 20.2 Å². The number of halogens is 1. The van der Waals surface area contributed by atoms with Gasteiger partial charge < -0.3 is 15.1 Å². The first kappa shape index (κ1) is 18.7. The van der Waals surface area contributed by atoms with Gasteiger partial charge >= 0.3 is 0 Å². The Morgan fingerprint density at radius 2 is 1.96 bits per heavy atom. The third-order valence-electron chi connectivity index (χ3n) is 6.16. The van der Waals surface area contributed by atoms with Crippen molar-refractivity contribution in [2.45, 2.75) is 30.7 Å². The highest BCUT2D eigenvalue weighted by Gasteiger charge is 2.39. The summed E-state index contributed by atoms with van der Waals surface area (Å²) in [5.41, 5.74) is 2.13. The van der Waals surface area contributed by atoms with Gasteiger partial charge in [-0.15, -0.1) is 0 Å². The van der Waals surface area contributed by atoms with Crippen molar-refractivity contribution in [3.63, 3.8) is 0 Å². The molecule has 0 bridgehead atoms. The van der Waals surface area contributed by atoms with Gasteiger partial charge in [-0.25, -0.2) is 9.97 Å². The number of hydrogen-bond acceptors (Lipinski definition) is 5. The molecule has 0 aliphatic carbocycles. The maximum atomic E-state index is 6.64. The maximum absolute atomic E-state index is 6.64. The third-order valence-corrected chi connectivity index (χ3v) is 6.49. The fraction of sp³-hybridized carbons (Fsp3) is 0.524. The van der Waals surface area contributed by atoms with Gasteiger partial charge in [0, 0.05) is 35.8 Å². The van der Waals surface area contributed by atoms with E-state index in [0.717, 1.165) is 62.1 Å². The van der Waals surface area contributed by atoms with Gasteiger partial charge in [0.25, 0.3) is 0 Å². The highest BCUT2D eigenvalue weighted by atomic mass is 35.5. The highest BCUT2D eigenvalue weighted by molar-refractivity contribution is 6.31. The van der Waals surface area contributed by atoms with Gasteiger partial charge in [0.1, 0.15) is 0 Å². The van der Waals surface area contributed by atoms with E-state index in [1.807, 2.05) is 18.3 Å². The van der Waals surface area contributed by atoms with Gasteiger partial charge in [-0.1, -0.05) is 29.8 Å². The molecule has 2 fully saturated rings. The van der Waals surface area contributed by atoms with Crippen molar-refractivity contribution in [2.75, 3.05) is 45.2 Å². The molecule has 0 unspecified atom stereocenters. The Bertz CT molecular complexity index is 788. The van der Waals surface area contributed by atoms with Gasteiger partial charge in [-0.05, 0) is 64.1 Å². The van der Waals surface area contributed by atoms with Crippen LogP contribution in [0.3, 0.4) is 0 Å². The average Bonchev–Trinajstić information content (AvgIpc) is 3.20. The van der Waals surface area contributed by atoms with E-state index in [9.17, 15) is 0 Å². The molecule has 4 rings (SSSR count). The molecule has 0 saturated carbocycles. The molecule has 1 aromatic heterocycles. The SMILES string of the molecule is CN(C)[C@H]1CCN(c2nccc(C3(c4ccccc4Cl)CCNCC3)n2)C1.